The van der Waals surface area contributed by atoms with Crippen LogP contribution in [0.2, 0.25) is 0 Å². The van der Waals surface area contributed by atoms with Crippen molar-refractivity contribution in [1.82, 2.24) is 0 Å². The van der Waals surface area contributed by atoms with Crippen LogP contribution in [0.15, 0.2) is 6.07 Å². The molecule has 0 bridgehead atoms. The van der Waals surface area contributed by atoms with Crippen molar-refractivity contribution in [3.05, 3.63) is 6.07 Å². The molecule has 1 saturated heterocycles. The van der Waals surface area contributed by atoms with Gasteiger partial charge in [0.15, 0.2) is 17.2 Å². The molecule has 19 heavy (non-hydrogen) atoms. The lowest BCUT2D eigenvalue weighted by Gasteiger charge is -2.32. The number of hydrogen-bond donors (Lipinski definition) is 4. The molecule has 1 aliphatic heterocycles. The Bertz CT molecular complexity index is 509. The van der Waals surface area contributed by atoms with Crippen LogP contribution >= 0.6 is 0 Å². The number of aromatic hydroxyl groups is 4. The van der Waals surface area contributed by atoms with E-state index in [2.05, 4.69) is 0 Å². The zero-order chi connectivity index (χ0) is 14.6. The zero-order valence-corrected chi connectivity index (χ0v) is 11.3. The van der Waals surface area contributed by atoms with Gasteiger partial charge < -0.3 is 29.7 Å². The Balaban J connectivity index is 2.49. The number of benzene rings is 1. The number of phenolic OH excluding ortho intramolecular Hbond substituents is 4. The lowest BCUT2D eigenvalue weighted by Crippen LogP contribution is -2.41. The molecular formula is C12H17BO6. The molecule has 0 saturated carbocycles. The summed E-state index contributed by atoms with van der Waals surface area (Å²) in [5.74, 6) is -2.40. The standard InChI is InChI=1S/C12H17BO6/c1-11(2)12(3,4)19-13(18-11)8-6(14)5-7(15)9(16)10(8)17/h5,14-17H,1-4H3. The SMILES string of the molecule is CC1(C)OB(c2c(O)cc(O)c(O)c2O)OC1(C)C. The summed E-state index contributed by atoms with van der Waals surface area (Å²) in [5.41, 5.74) is -1.40. The largest absolute Gasteiger partial charge is 0.508 e. The molecule has 2 rings (SSSR count). The van der Waals surface area contributed by atoms with Crippen LogP contribution < -0.4 is 5.46 Å². The molecule has 6 nitrogen and oxygen atoms in total. The van der Waals surface area contributed by atoms with Gasteiger partial charge in [-0.3, -0.25) is 0 Å². The molecule has 0 aliphatic carbocycles. The molecule has 104 valence electrons. The van der Waals surface area contributed by atoms with Crippen LogP contribution in [0.25, 0.3) is 0 Å². The average Bonchev–Trinajstić information content (AvgIpc) is 2.44. The second-order valence-electron chi connectivity index (χ2n) is 5.61. The Hall–Kier alpha value is -1.60. The molecule has 7 heteroatoms. The second-order valence-corrected chi connectivity index (χ2v) is 5.61. The van der Waals surface area contributed by atoms with E-state index in [1.165, 1.54) is 0 Å². The number of hydrogen-bond acceptors (Lipinski definition) is 6. The number of rotatable bonds is 1. The maximum Gasteiger partial charge on any atom is 0.502 e. The molecule has 0 atom stereocenters. The van der Waals surface area contributed by atoms with Crippen LogP contribution in [0.5, 0.6) is 23.0 Å². The third-order valence-electron chi connectivity index (χ3n) is 3.76. The minimum absolute atomic E-state index is 0.103. The molecule has 0 unspecified atom stereocenters. The maximum atomic E-state index is 9.83. The minimum atomic E-state index is -1.03. The Labute approximate surface area is 111 Å². The third kappa shape index (κ3) is 1.99. The topological polar surface area (TPSA) is 99.4 Å². The van der Waals surface area contributed by atoms with Crippen molar-refractivity contribution in [2.24, 2.45) is 0 Å². The fourth-order valence-electron chi connectivity index (χ4n) is 1.84. The molecule has 0 amide bonds. The summed E-state index contributed by atoms with van der Waals surface area (Å²) in [6.45, 7) is 7.28. The van der Waals surface area contributed by atoms with Gasteiger partial charge in [0.2, 0.25) is 0 Å². The molecule has 1 aromatic carbocycles. The highest BCUT2D eigenvalue weighted by Crippen LogP contribution is 2.41. The van der Waals surface area contributed by atoms with Crippen molar-refractivity contribution >= 4 is 12.6 Å². The molecule has 0 spiro atoms. The van der Waals surface area contributed by atoms with E-state index in [4.69, 9.17) is 9.31 Å². The van der Waals surface area contributed by atoms with Gasteiger partial charge in [-0.15, -0.1) is 0 Å². The van der Waals surface area contributed by atoms with E-state index in [0.717, 1.165) is 6.07 Å². The monoisotopic (exact) mass is 268 g/mol. The van der Waals surface area contributed by atoms with Crippen LogP contribution in [-0.4, -0.2) is 38.7 Å². The van der Waals surface area contributed by atoms with E-state index in [1.54, 1.807) is 0 Å². The molecule has 1 fully saturated rings. The van der Waals surface area contributed by atoms with E-state index in [1.807, 2.05) is 27.7 Å². The first-order valence-corrected chi connectivity index (χ1v) is 5.89. The molecular weight excluding hydrogens is 251 g/mol. The van der Waals surface area contributed by atoms with E-state index in [-0.39, 0.29) is 5.46 Å². The van der Waals surface area contributed by atoms with Crippen LogP contribution in [0.1, 0.15) is 27.7 Å². The molecule has 1 aliphatic rings. The first-order chi connectivity index (χ1) is 8.57. The molecule has 1 aromatic rings. The van der Waals surface area contributed by atoms with Crippen molar-refractivity contribution < 1.29 is 29.7 Å². The average molecular weight is 268 g/mol. The van der Waals surface area contributed by atoms with Gasteiger partial charge in [0, 0.05) is 6.07 Å². The molecule has 0 aromatic heterocycles. The number of phenols is 4. The van der Waals surface area contributed by atoms with Gasteiger partial charge in [-0.25, -0.2) is 0 Å². The molecule has 1 heterocycles. The lowest BCUT2D eigenvalue weighted by molar-refractivity contribution is 0.00578. The Kier molecular flexibility index (Phi) is 2.87. The first-order valence-electron chi connectivity index (χ1n) is 5.89. The fourth-order valence-corrected chi connectivity index (χ4v) is 1.84. The summed E-state index contributed by atoms with van der Waals surface area (Å²) in [6, 6.07) is 0.926. The van der Waals surface area contributed by atoms with Crippen molar-refractivity contribution in [2.45, 2.75) is 38.9 Å². The Morgan fingerprint density at radius 2 is 1.32 bits per heavy atom. The summed E-state index contributed by atoms with van der Waals surface area (Å²) in [6.07, 6.45) is 0. The van der Waals surface area contributed by atoms with Crippen molar-refractivity contribution in [2.75, 3.05) is 0 Å². The minimum Gasteiger partial charge on any atom is -0.508 e. The Morgan fingerprint density at radius 1 is 0.842 bits per heavy atom. The van der Waals surface area contributed by atoms with E-state index >= 15 is 0 Å². The summed E-state index contributed by atoms with van der Waals surface area (Å²) in [7, 11) is -1.03. The fraction of sp³-hybridized carbons (Fsp3) is 0.500. The summed E-state index contributed by atoms with van der Waals surface area (Å²) >= 11 is 0. The van der Waals surface area contributed by atoms with Crippen molar-refractivity contribution in [3.8, 4) is 23.0 Å². The smallest absolute Gasteiger partial charge is 0.502 e. The van der Waals surface area contributed by atoms with Crippen LogP contribution in [0, 0.1) is 0 Å². The first kappa shape index (κ1) is 13.8. The summed E-state index contributed by atoms with van der Waals surface area (Å²) in [4.78, 5) is 0. The zero-order valence-electron chi connectivity index (χ0n) is 11.3. The predicted octanol–water partition coefficient (Wildman–Crippen LogP) is 0.808. The van der Waals surface area contributed by atoms with Crippen LogP contribution in [-0.2, 0) is 9.31 Å². The van der Waals surface area contributed by atoms with Crippen molar-refractivity contribution in [1.29, 1.82) is 0 Å². The molecule has 0 radical (unpaired) electrons. The normalized spacial score (nSPS) is 20.7. The Morgan fingerprint density at radius 3 is 1.79 bits per heavy atom. The summed E-state index contributed by atoms with van der Waals surface area (Å²) < 4.78 is 11.3. The summed E-state index contributed by atoms with van der Waals surface area (Å²) in [5, 5.41) is 38.4. The van der Waals surface area contributed by atoms with Crippen molar-refractivity contribution in [3.63, 3.8) is 0 Å². The highest BCUT2D eigenvalue weighted by atomic mass is 16.7. The van der Waals surface area contributed by atoms with Gasteiger partial charge in [0.1, 0.15) is 5.75 Å². The highest BCUT2D eigenvalue weighted by molar-refractivity contribution is 6.64. The lowest BCUT2D eigenvalue weighted by atomic mass is 9.77. The maximum absolute atomic E-state index is 9.83. The van der Waals surface area contributed by atoms with E-state index < -0.39 is 41.3 Å². The van der Waals surface area contributed by atoms with Gasteiger partial charge in [-0.1, -0.05) is 0 Å². The third-order valence-corrected chi connectivity index (χ3v) is 3.76. The van der Waals surface area contributed by atoms with Gasteiger partial charge >= 0.3 is 7.12 Å². The van der Waals surface area contributed by atoms with Gasteiger partial charge in [-0.05, 0) is 27.7 Å². The highest BCUT2D eigenvalue weighted by Gasteiger charge is 2.53. The van der Waals surface area contributed by atoms with Crippen LogP contribution in [0.4, 0.5) is 0 Å². The quantitative estimate of drug-likeness (QED) is 0.341. The van der Waals surface area contributed by atoms with E-state index in [0.29, 0.717) is 0 Å². The van der Waals surface area contributed by atoms with E-state index in [9.17, 15) is 20.4 Å². The second kappa shape index (κ2) is 3.95. The van der Waals surface area contributed by atoms with Gasteiger partial charge in [-0.2, -0.15) is 0 Å². The van der Waals surface area contributed by atoms with Gasteiger partial charge in [0.25, 0.3) is 0 Å². The van der Waals surface area contributed by atoms with Crippen LogP contribution in [0.3, 0.4) is 0 Å². The predicted molar refractivity (Wildman–Crippen MR) is 68.8 cm³/mol. The van der Waals surface area contributed by atoms with Gasteiger partial charge in [0.05, 0.1) is 16.7 Å². The molecule has 4 N–H and O–H groups in total.